The minimum absolute atomic E-state index is 0.0802. The maximum absolute atomic E-state index is 12.9. The van der Waals surface area contributed by atoms with Gasteiger partial charge in [-0.05, 0) is 60.7 Å². The van der Waals surface area contributed by atoms with Gasteiger partial charge >= 0.3 is 0 Å². The van der Waals surface area contributed by atoms with Crippen LogP contribution in [0.5, 0.6) is 0 Å². The van der Waals surface area contributed by atoms with Crippen molar-refractivity contribution in [3.63, 3.8) is 0 Å². The van der Waals surface area contributed by atoms with Gasteiger partial charge in [0.25, 0.3) is 0 Å². The van der Waals surface area contributed by atoms with E-state index in [1.807, 2.05) is 0 Å². The van der Waals surface area contributed by atoms with Crippen molar-refractivity contribution in [2.75, 3.05) is 13.1 Å². The van der Waals surface area contributed by atoms with Gasteiger partial charge < -0.3 is 5.32 Å². The first-order chi connectivity index (χ1) is 13.3. The smallest absolute Gasteiger partial charge is 0.243 e. The molecule has 1 heterocycles. The molecule has 0 aliphatic carbocycles. The molecule has 28 heavy (non-hydrogen) atoms. The fraction of sp³-hybridized carbons (Fsp3) is 0.350. The Hall–Kier alpha value is -1.96. The SMILES string of the molecule is O=C(CC1CCN(S(=O)(=O)c2ccc(Cl)cc2)CC1)NCc1ccc(F)cc1. The molecule has 150 valence electrons. The van der Waals surface area contributed by atoms with Gasteiger partial charge in [0.05, 0.1) is 4.90 Å². The third-order valence-corrected chi connectivity index (χ3v) is 7.07. The molecule has 5 nitrogen and oxygen atoms in total. The van der Waals surface area contributed by atoms with Gasteiger partial charge in [0.2, 0.25) is 15.9 Å². The van der Waals surface area contributed by atoms with Crippen LogP contribution in [0.4, 0.5) is 4.39 Å². The predicted octanol–water partition coefficient (Wildman–Crippen LogP) is 3.59. The molecule has 0 atom stereocenters. The van der Waals surface area contributed by atoms with Crippen LogP contribution in [0, 0.1) is 11.7 Å². The molecule has 1 amide bonds. The number of nitrogens with one attached hydrogen (secondary N) is 1. The highest BCUT2D eigenvalue weighted by atomic mass is 35.5. The summed E-state index contributed by atoms with van der Waals surface area (Å²) in [5, 5.41) is 3.32. The molecule has 0 radical (unpaired) electrons. The first kappa shape index (κ1) is 20.8. The van der Waals surface area contributed by atoms with Crippen LogP contribution >= 0.6 is 11.6 Å². The lowest BCUT2D eigenvalue weighted by atomic mass is 9.94. The van der Waals surface area contributed by atoms with Gasteiger partial charge in [-0.1, -0.05) is 23.7 Å². The molecular formula is C20H22ClFN2O3S. The van der Waals surface area contributed by atoms with E-state index in [0.717, 1.165) is 5.56 Å². The van der Waals surface area contributed by atoms with Crippen molar-refractivity contribution in [2.45, 2.75) is 30.7 Å². The number of piperidine rings is 1. The summed E-state index contributed by atoms with van der Waals surface area (Å²) in [5.74, 6) is -0.247. The Morgan fingerprint density at radius 3 is 2.29 bits per heavy atom. The number of halogens is 2. The van der Waals surface area contributed by atoms with Crippen molar-refractivity contribution >= 4 is 27.5 Å². The average molecular weight is 425 g/mol. The first-order valence-corrected chi connectivity index (χ1v) is 10.9. The van der Waals surface area contributed by atoms with Crippen LogP contribution in [0.2, 0.25) is 5.02 Å². The Kier molecular flexibility index (Phi) is 6.69. The van der Waals surface area contributed by atoms with Crippen LogP contribution < -0.4 is 5.32 Å². The molecule has 0 saturated carbocycles. The molecule has 1 aliphatic rings. The van der Waals surface area contributed by atoms with Crippen LogP contribution in [0.3, 0.4) is 0 Å². The third kappa shape index (κ3) is 5.31. The molecule has 0 bridgehead atoms. The molecule has 8 heteroatoms. The third-order valence-electron chi connectivity index (χ3n) is 4.90. The zero-order valence-electron chi connectivity index (χ0n) is 15.3. The zero-order valence-corrected chi connectivity index (χ0v) is 16.8. The quantitative estimate of drug-likeness (QED) is 0.770. The van der Waals surface area contributed by atoms with Crippen molar-refractivity contribution in [3.05, 3.63) is 64.9 Å². The lowest BCUT2D eigenvalue weighted by molar-refractivity contribution is -0.122. The molecular weight excluding hydrogens is 403 g/mol. The normalized spacial score (nSPS) is 16.1. The molecule has 2 aromatic rings. The summed E-state index contributed by atoms with van der Waals surface area (Å²) in [5.41, 5.74) is 0.832. The second-order valence-electron chi connectivity index (χ2n) is 6.91. The number of amides is 1. The van der Waals surface area contributed by atoms with Gasteiger partial charge in [0.15, 0.2) is 0 Å². The molecule has 1 fully saturated rings. The predicted molar refractivity (Wildman–Crippen MR) is 106 cm³/mol. The molecule has 1 saturated heterocycles. The van der Waals surface area contributed by atoms with Gasteiger partial charge in [0.1, 0.15) is 5.82 Å². The molecule has 0 spiro atoms. The van der Waals surface area contributed by atoms with E-state index in [0.29, 0.717) is 43.9 Å². The summed E-state index contributed by atoms with van der Waals surface area (Å²) in [6.07, 6.45) is 1.63. The first-order valence-electron chi connectivity index (χ1n) is 9.11. The fourth-order valence-corrected chi connectivity index (χ4v) is 4.84. The lowest BCUT2D eigenvalue weighted by Crippen LogP contribution is -2.39. The maximum Gasteiger partial charge on any atom is 0.243 e. The van der Waals surface area contributed by atoms with E-state index in [4.69, 9.17) is 11.6 Å². The summed E-state index contributed by atoms with van der Waals surface area (Å²) in [6, 6.07) is 12.1. The summed E-state index contributed by atoms with van der Waals surface area (Å²) < 4.78 is 39.7. The highest BCUT2D eigenvalue weighted by Gasteiger charge is 2.30. The average Bonchev–Trinajstić information content (AvgIpc) is 2.68. The van der Waals surface area contributed by atoms with Crippen LogP contribution in [-0.2, 0) is 21.4 Å². The molecule has 3 rings (SSSR count). The van der Waals surface area contributed by atoms with Crippen LogP contribution in [0.25, 0.3) is 0 Å². The Morgan fingerprint density at radius 1 is 1.07 bits per heavy atom. The van der Waals surface area contributed by atoms with Crippen LogP contribution in [0.15, 0.2) is 53.4 Å². The number of nitrogens with zero attached hydrogens (tertiary/aromatic N) is 1. The van der Waals surface area contributed by atoms with Crippen molar-refractivity contribution in [2.24, 2.45) is 5.92 Å². The Labute approximate surface area is 169 Å². The molecule has 0 aromatic heterocycles. The van der Waals surface area contributed by atoms with Crippen molar-refractivity contribution in [1.82, 2.24) is 9.62 Å². The van der Waals surface area contributed by atoms with Crippen LogP contribution in [-0.4, -0.2) is 31.7 Å². The van der Waals surface area contributed by atoms with Gasteiger partial charge in [-0.15, -0.1) is 0 Å². The van der Waals surface area contributed by atoms with Gasteiger partial charge in [-0.3, -0.25) is 4.79 Å². The number of carbonyl (C=O) groups excluding carboxylic acids is 1. The molecule has 0 unspecified atom stereocenters. The fourth-order valence-electron chi connectivity index (χ4n) is 3.25. The Bertz CT molecular complexity index is 909. The number of sulfonamides is 1. The molecule has 1 aliphatic heterocycles. The standard InChI is InChI=1S/C20H22ClFN2O3S/c21-17-3-7-19(8-4-17)28(26,27)24-11-9-15(10-12-24)13-20(25)23-14-16-1-5-18(22)6-2-16/h1-8,15H,9-14H2,(H,23,25). The monoisotopic (exact) mass is 424 g/mol. The summed E-state index contributed by atoms with van der Waals surface area (Å²) >= 11 is 5.82. The maximum atomic E-state index is 12.9. The number of hydrogen-bond donors (Lipinski definition) is 1. The highest BCUT2D eigenvalue weighted by Crippen LogP contribution is 2.26. The van der Waals surface area contributed by atoms with Crippen LogP contribution in [0.1, 0.15) is 24.8 Å². The van der Waals surface area contributed by atoms with Gasteiger partial charge in [-0.25, -0.2) is 12.8 Å². The minimum atomic E-state index is -3.54. The minimum Gasteiger partial charge on any atom is -0.352 e. The second kappa shape index (κ2) is 9.03. The van der Waals surface area contributed by atoms with E-state index < -0.39 is 10.0 Å². The number of hydrogen-bond acceptors (Lipinski definition) is 3. The second-order valence-corrected chi connectivity index (χ2v) is 9.28. The van der Waals surface area contributed by atoms with Crippen molar-refractivity contribution in [1.29, 1.82) is 0 Å². The number of carbonyl (C=O) groups is 1. The van der Waals surface area contributed by atoms with Crippen molar-refractivity contribution in [3.8, 4) is 0 Å². The van der Waals surface area contributed by atoms with E-state index in [9.17, 15) is 17.6 Å². The van der Waals surface area contributed by atoms with E-state index in [2.05, 4.69) is 5.32 Å². The number of benzene rings is 2. The highest BCUT2D eigenvalue weighted by molar-refractivity contribution is 7.89. The largest absolute Gasteiger partial charge is 0.352 e. The van der Waals surface area contributed by atoms with E-state index in [-0.39, 0.29) is 22.5 Å². The van der Waals surface area contributed by atoms with E-state index >= 15 is 0 Å². The molecule has 1 N–H and O–H groups in total. The van der Waals surface area contributed by atoms with E-state index in [1.165, 1.54) is 28.6 Å². The summed E-state index contributed by atoms with van der Waals surface area (Å²) in [6.45, 7) is 1.13. The summed E-state index contributed by atoms with van der Waals surface area (Å²) in [4.78, 5) is 12.4. The zero-order chi connectivity index (χ0) is 20.1. The Balaban J connectivity index is 1.47. The lowest BCUT2D eigenvalue weighted by Gasteiger charge is -2.31. The molecule has 2 aromatic carbocycles. The van der Waals surface area contributed by atoms with Gasteiger partial charge in [-0.2, -0.15) is 4.31 Å². The summed E-state index contributed by atoms with van der Waals surface area (Å²) in [7, 11) is -3.54. The van der Waals surface area contributed by atoms with E-state index in [1.54, 1.807) is 24.3 Å². The van der Waals surface area contributed by atoms with Gasteiger partial charge in [0, 0.05) is 31.1 Å². The van der Waals surface area contributed by atoms with Crippen molar-refractivity contribution < 1.29 is 17.6 Å². The number of rotatable bonds is 6. The Morgan fingerprint density at radius 2 is 1.68 bits per heavy atom. The topological polar surface area (TPSA) is 66.5 Å².